The van der Waals surface area contributed by atoms with E-state index in [0.717, 1.165) is 32.4 Å². The summed E-state index contributed by atoms with van der Waals surface area (Å²) in [5.74, 6) is 0.597. The normalized spacial score (nSPS) is 18.9. The van der Waals surface area contributed by atoms with Crippen molar-refractivity contribution in [3.63, 3.8) is 0 Å². The summed E-state index contributed by atoms with van der Waals surface area (Å²) in [6.07, 6.45) is 5.12. The third kappa shape index (κ3) is 3.08. The van der Waals surface area contributed by atoms with Gasteiger partial charge in [0, 0.05) is 13.2 Å². The van der Waals surface area contributed by atoms with E-state index >= 15 is 0 Å². The van der Waals surface area contributed by atoms with E-state index in [1.165, 1.54) is 0 Å². The topological polar surface area (TPSA) is 84.0 Å². The van der Waals surface area contributed by atoms with Gasteiger partial charge in [-0.05, 0) is 25.3 Å². The maximum Gasteiger partial charge on any atom is 0.144 e. The lowest BCUT2D eigenvalue weighted by atomic mass is 10.2. The standard InChI is InChI=1S/C12H16N4O/c13-7-9-6-10(14)8-16-12(9)15-4-3-11-2-1-5-17-11/h6,8,11H,1-5,14H2,(H,15,16). The molecule has 3 N–H and O–H groups in total. The van der Waals surface area contributed by atoms with E-state index < -0.39 is 0 Å². The van der Waals surface area contributed by atoms with Gasteiger partial charge in [0.05, 0.1) is 23.6 Å². The maximum absolute atomic E-state index is 8.94. The number of nitrogen functional groups attached to an aromatic ring is 1. The molecule has 1 aliphatic heterocycles. The van der Waals surface area contributed by atoms with Crippen molar-refractivity contribution < 1.29 is 4.74 Å². The molecule has 0 spiro atoms. The summed E-state index contributed by atoms with van der Waals surface area (Å²) in [4.78, 5) is 4.11. The SMILES string of the molecule is N#Cc1cc(N)cnc1NCCC1CCCO1. The lowest BCUT2D eigenvalue weighted by molar-refractivity contribution is 0.107. The van der Waals surface area contributed by atoms with Crippen molar-refractivity contribution in [2.24, 2.45) is 0 Å². The first-order chi connectivity index (χ1) is 8.29. The molecule has 1 aliphatic rings. The van der Waals surface area contributed by atoms with Gasteiger partial charge in [-0.2, -0.15) is 5.26 Å². The van der Waals surface area contributed by atoms with E-state index in [2.05, 4.69) is 16.4 Å². The van der Waals surface area contributed by atoms with Crippen molar-refractivity contribution in [3.8, 4) is 6.07 Å². The molecule has 90 valence electrons. The number of nitrogens with zero attached hydrogens (tertiary/aromatic N) is 2. The summed E-state index contributed by atoms with van der Waals surface area (Å²) in [6.45, 7) is 1.63. The van der Waals surface area contributed by atoms with E-state index in [0.29, 0.717) is 23.2 Å². The highest BCUT2D eigenvalue weighted by Gasteiger charge is 2.14. The van der Waals surface area contributed by atoms with Crippen LogP contribution in [0.25, 0.3) is 0 Å². The van der Waals surface area contributed by atoms with Gasteiger partial charge in [-0.25, -0.2) is 4.98 Å². The van der Waals surface area contributed by atoms with Crippen LogP contribution in [-0.4, -0.2) is 24.2 Å². The molecule has 0 aromatic carbocycles. The highest BCUT2D eigenvalue weighted by Crippen LogP contribution is 2.17. The third-order valence-corrected chi connectivity index (χ3v) is 2.81. The van der Waals surface area contributed by atoms with E-state index in [-0.39, 0.29) is 0 Å². The molecule has 0 radical (unpaired) electrons. The highest BCUT2D eigenvalue weighted by atomic mass is 16.5. The summed E-state index contributed by atoms with van der Waals surface area (Å²) >= 11 is 0. The summed E-state index contributed by atoms with van der Waals surface area (Å²) in [7, 11) is 0. The molecule has 1 aromatic rings. The van der Waals surface area contributed by atoms with Gasteiger partial charge in [-0.3, -0.25) is 0 Å². The van der Waals surface area contributed by atoms with Crippen LogP contribution in [0.2, 0.25) is 0 Å². The van der Waals surface area contributed by atoms with Crippen LogP contribution in [0.4, 0.5) is 11.5 Å². The molecule has 0 saturated carbocycles. The van der Waals surface area contributed by atoms with Crippen molar-refractivity contribution >= 4 is 11.5 Å². The zero-order chi connectivity index (χ0) is 12.1. The van der Waals surface area contributed by atoms with Crippen LogP contribution < -0.4 is 11.1 Å². The predicted octanol–water partition coefficient (Wildman–Crippen LogP) is 1.52. The second kappa shape index (κ2) is 5.51. The number of nitrogens with one attached hydrogen (secondary N) is 1. The number of nitriles is 1. The minimum absolute atomic E-state index is 0.349. The molecule has 17 heavy (non-hydrogen) atoms. The van der Waals surface area contributed by atoms with Crippen LogP contribution in [0.1, 0.15) is 24.8 Å². The van der Waals surface area contributed by atoms with Gasteiger partial charge in [-0.15, -0.1) is 0 Å². The molecule has 2 rings (SSSR count). The molecule has 0 aliphatic carbocycles. The summed E-state index contributed by atoms with van der Waals surface area (Å²) in [5, 5.41) is 12.1. The minimum atomic E-state index is 0.349. The molecular formula is C12H16N4O. The number of rotatable bonds is 4. The number of nitrogens with two attached hydrogens (primary N) is 1. The molecule has 1 aromatic heterocycles. The number of hydrogen-bond acceptors (Lipinski definition) is 5. The molecule has 0 amide bonds. The second-order valence-electron chi connectivity index (χ2n) is 4.13. The summed E-state index contributed by atoms with van der Waals surface area (Å²) < 4.78 is 5.52. The maximum atomic E-state index is 8.94. The van der Waals surface area contributed by atoms with E-state index in [4.69, 9.17) is 15.7 Å². The van der Waals surface area contributed by atoms with Crippen LogP contribution in [-0.2, 0) is 4.74 Å². The first-order valence-corrected chi connectivity index (χ1v) is 5.80. The number of aromatic nitrogens is 1. The van der Waals surface area contributed by atoms with Crippen molar-refractivity contribution in [2.75, 3.05) is 24.2 Å². The summed E-state index contributed by atoms with van der Waals surface area (Å²) in [6, 6.07) is 3.70. The van der Waals surface area contributed by atoms with Crippen molar-refractivity contribution in [2.45, 2.75) is 25.4 Å². The lowest BCUT2D eigenvalue weighted by Gasteiger charge is -2.11. The van der Waals surface area contributed by atoms with Gasteiger partial charge in [0.1, 0.15) is 11.9 Å². The molecular weight excluding hydrogens is 216 g/mol. The Morgan fingerprint density at radius 3 is 3.24 bits per heavy atom. The second-order valence-corrected chi connectivity index (χ2v) is 4.13. The van der Waals surface area contributed by atoms with Crippen LogP contribution in [0.15, 0.2) is 12.3 Å². The largest absolute Gasteiger partial charge is 0.397 e. The Labute approximate surface area is 101 Å². The van der Waals surface area contributed by atoms with E-state index in [1.807, 2.05) is 0 Å². The van der Waals surface area contributed by atoms with Crippen LogP contribution in [0, 0.1) is 11.3 Å². The number of anilines is 2. The molecule has 1 atom stereocenters. The number of pyridine rings is 1. The Hall–Kier alpha value is -1.80. The van der Waals surface area contributed by atoms with Crippen molar-refractivity contribution in [3.05, 3.63) is 17.8 Å². The molecule has 1 fully saturated rings. The first-order valence-electron chi connectivity index (χ1n) is 5.80. The zero-order valence-electron chi connectivity index (χ0n) is 9.65. The highest BCUT2D eigenvalue weighted by molar-refractivity contribution is 5.57. The summed E-state index contributed by atoms with van der Waals surface area (Å²) in [5.41, 5.74) is 6.56. The Balaban J connectivity index is 1.88. The molecule has 0 bridgehead atoms. The quantitative estimate of drug-likeness (QED) is 0.822. The van der Waals surface area contributed by atoms with Crippen LogP contribution >= 0.6 is 0 Å². The average molecular weight is 232 g/mol. The van der Waals surface area contributed by atoms with Gasteiger partial charge in [0.25, 0.3) is 0 Å². The fourth-order valence-electron chi connectivity index (χ4n) is 1.93. The number of hydrogen-bond donors (Lipinski definition) is 2. The van der Waals surface area contributed by atoms with Crippen molar-refractivity contribution in [1.29, 1.82) is 5.26 Å². The lowest BCUT2D eigenvalue weighted by Crippen LogP contribution is -2.13. The minimum Gasteiger partial charge on any atom is -0.397 e. The van der Waals surface area contributed by atoms with Gasteiger partial charge < -0.3 is 15.8 Å². The Morgan fingerprint density at radius 2 is 2.53 bits per heavy atom. The molecule has 5 nitrogen and oxygen atoms in total. The molecule has 2 heterocycles. The third-order valence-electron chi connectivity index (χ3n) is 2.81. The smallest absolute Gasteiger partial charge is 0.144 e. The van der Waals surface area contributed by atoms with Gasteiger partial charge in [0.15, 0.2) is 0 Å². The first kappa shape index (κ1) is 11.7. The van der Waals surface area contributed by atoms with Crippen LogP contribution in [0.3, 0.4) is 0 Å². The van der Waals surface area contributed by atoms with Gasteiger partial charge in [0.2, 0.25) is 0 Å². The van der Waals surface area contributed by atoms with E-state index in [9.17, 15) is 0 Å². The average Bonchev–Trinajstić information content (AvgIpc) is 2.84. The van der Waals surface area contributed by atoms with Crippen molar-refractivity contribution in [1.82, 2.24) is 4.98 Å². The fourth-order valence-corrected chi connectivity index (χ4v) is 1.93. The molecule has 1 saturated heterocycles. The Morgan fingerprint density at radius 1 is 1.65 bits per heavy atom. The van der Waals surface area contributed by atoms with Gasteiger partial charge in [-0.1, -0.05) is 0 Å². The predicted molar refractivity (Wildman–Crippen MR) is 65.4 cm³/mol. The molecule has 1 unspecified atom stereocenters. The Kier molecular flexibility index (Phi) is 3.78. The van der Waals surface area contributed by atoms with Gasteiger partial charge >= 0.3 is 0 Å². The number of ether oxygens (including phenoxy) is 1. The zero-order valence-corrected chi connectivity index (χ0v) is 9.65. The Bertz CT molecular complexity index is 421. The monoisotopic (exact) mass is 232 g/mol. The molecule has 5 heteroatoms. The van der Waals surface area contributed by atoms with Crippen LogP contribution in [0.5, 0.6) is 0 Å². The fraction of sp³-hybridized carbons (Fsp3) is 0.500. The van der Waals surface area contributed by atoms with E-state index in [1.54, 1.807) is 12.3 Å².